The van der Waals surface area contributed by atoms with Crippen molar-refractivity contribution in [1.29, 1.82) is 5.26 Å². The van der Waals surface area contributed by atoms with E-state index < -0.39 is 11.9 Å². The first-order chi connectivity index (χ1) is 6.57. The van der Waals surface area contributed by atoms with Crippen LogP contribution >= 0.6 is 11.6 Å². The number of halogens is 1. The largest absolute Gasteiger partial charge is 0.480 e. The van der Waals surface area contributed by atoms with E-state index in [-0.39, 0.29) is 5.15 Å². The van der Waals surface area contributed by atoms with Crippen molar-refractivity contribution in [3.63, 3.8) is 0 Å². The lowest BCUT2D eigenvalue weighted by Gasteiger charge is -2.08. The van der Waals surface area contributed by atoms with Crippen LogP contribution in [0, 0.1) is 18.3 Å². The summed E-state index contributed by atoms with van der Waals surface area (Å²) in [7, 11) is 0. The zero-order valence-corrected chi connectivity index (χ0v) is 8.12. The molecule has 0 saturated carbocycles. The third-order valence-corrected chi connectivity index (χ3v) is 2.25. The van der Waals surface area contributed by atoms with Crippen molar-refractivity contribution in [2.45, 2.75) is 12.8 Å². The first kappa shape index (κ1) is 10.5. The van der Waals surface area contributed by atoms with Crippen molar-refractivity contribution in [3.8, 4) is 6.07 Å². The number of rotatable bonds is 2. The van der Waals surface area contributed by atoms with Crippen LogP contribution in [0.25, 0.3) is 0 Å². The van der Waals surface area contributed by atoms with E-state index in [1.165, 1.54) is 12.3 Å². The van der Waals surface area contributed by atoms with E-state index in [2.05, 4.69) is 4.98 Å². The van der Waals surface area contributed by atoms with Crippen LogP contribution in [-0.2, 0) is 4.79 Å². The zero-order chi connectivity index (χ0) is 10.7. The van der Waals surface area contributed by atoms with Crippen LogP contribution in [0.3, 0.4) is 0 Å². The number of aliphatic carboxylic acids is 1. The Morgan fingerprint density at radius 2 is 2.43 bits per heavy atom. The molecule has 1 atom stereocenters. The van der Waals surface area contributed by atoms with E-state index in [0.29, 0.717) is 11.1 Å². The van der Waals surface area contributed by atoms with Gasteiger partial charge in [-0.05, 0) is 24.1 Å². The van der Waals surface area contributed by atoms with Crippen molar-refractivity contribution < 1.29 is 9.90 Å². The predicted molar refractivity (Wildman–Crippen MR) is 50.0 cm³/mol. The molecule has 1 aromatic heterocycles. The highest BCUT2D eigenvalue weighted by Crippen LogP contribution is 2.23. The normalized spacial score (nSPS) is 11.8. The van der Waals surface area contributed by atoms with E-state index in [1.807, 2.05) is 0 Å². The van der Waals surface area contributed by atoms with Gasteiger partial charge in [0.2, 0.25) is 0 Å². The van der Waals surface area contributed by atoms with Crippen molar-refractivity contribution in [2.75, 3.05) is 0 Å². The fourth-order valence-corrected chi connectivity index (χ4v) is 1.26. The number of carbonyl (C=O) groups is 1. The maximum atomic E-state index is 10.7. The highest BCUT2D eigenvalue weighted by Gasteiger charge is 2.21. The molecule has 0 radical (unpaired) electrons. The van der Waals surface area contributed by atoms with Gasteiger partial charge in [-0.3, -0.25) is 4.79 Å². The molecule has 0 aliphatic carbocycles. The third kappa shape index (κ3) is 1.83. The topological polar surface area (TPSA) is 74.0 Å². The molecule has 14 heavy (non-hydrogen) atoms. The van der Waals surface area contributed by atoms with Crippen LogP contribution in [0.4, 0.5) is 0 Å². The monoisotopic (exact) mass is 210 g/mol. The summed E-state index contributed by atoms with van der Waals surface area (Å²) in [6, 6.07) is 3.19. The Morgan fingerprint density at radius 1 is 1.79 bits per heavy atom. The second-order valence-electron chi connectivity index (χ2n) is 2.72. The summed E-state index contributed by atoms with van der Waals surface area (Å²) >= 11 is 5.71. The lowest BCUT2D eigenvalue weighted by atomic mass is 9.98. The van der Waals surface area contributed by atoms with Crippen molar-refractivity contribution in [3.05, 3.63) is 28.5 Å². The molecule has 1 N–H and O–H groups in total. The van der Waals surface area contributed by atoms with E-state index in [9.17, 15) is 4.79 Å². The van der Waals surface area contributed by atoms with Gasteiger partial charge < -0.3 is 5.11 Å². The second kappa shape index (κ2) is 4.07. The summed E-state index contributed by atoms with van der Waals surface area (Å²) in [6.07, 6.45) is 1.39. The van der Waals surface area contributed by atoms with Gasteiger partial charge in [0.25, 0.3) is 0 Å². The Labute approximate surface area is 85.8 Å². The highest BCUT2D eigenvalue weighted by molar-refractivity contribution is 6.30. The average molecular weight is 211 g/mol. The number of nitriles is 1. The number of carboxylic acids is 1. The van der Waals surface area contributed by atoms with Crippen LogP contribution in [0.5, 0.6) is 0 Å². The van der Waals surface area contributed by atoms with E-state index in [4.69, 9.17) is 22.0 Å². The molecule has 1 heterocycles. The average Bonchev–Trinajstić information content (AvgIpc) is 2.13. The Balaban J connectivity index is 3.25. The van der Waals surface area contributed by atoms with Crippen molar-refractivity contribution >= 4 is 17.6 Å². The number of carboxylic acid groups (broad SMARTS) is 1. The number of hydrogen-bond donors (Lipinski definition) is 1. The molecule has 0 aliphatic heterocycles. The number of pyridine rings is 1. The van der Waals surface area contributed by atoms with Crippen LogP contribution in [0.2, 0.25) is 5.15 Å². The lowest BCUT2D eigenvalue weighted by Crippen LogP contribution is -2.11. The Kier molecular flexibility index (Phi) is 3.05. The van der Waals surface area contributed by atoms with E-state index >= 15 is 0 Å². The molecule has 0 aromatic carbocycles. The number of aromatic nitrogens is 1. The van der Waals surface area contributed by atoms with Crippen molar-refractivity contribution in [2.24, 2.45) is 0 Å². The zero-order valence-electron chi connectivity index (χ0n) is 7.36. The van der Waals surface area contributed by atoms with Gasteiger partial charge in [0.05, 0.1) is 6.07 Å². The van der Waals surface area contributed by atoms with Gasteiger partial charge in [-0.15, -0.1) is 0 Å². The molecular weight excluding hydrogens is 204 g/mol. The van der Waals surface area contributed by atoms with Crippen LogP contribution < -0.4 is 0 Å². The SMILES string of the molecule is Cc1c(C(C#N)C(=O)O)ccnc1Cl. The van der Waals surface area contributed by atoms with Gasteiger partial charge in [-0.25, -0.2) is 4.98 Å². The molecule has 0 saturated heterocycles. The van der Waals surface area contributed by atoms with Gasteiger partial charge in [-0.2, -0.15) is 5.26 Å². The van der Waals surface area contributed by atoms with E-state index in [1.54, 1.807) is 13.0 Å². The number of nitrogens with zero attached hydrogens (tertiary/aromatic N) is 2. The van der Waals surface area contributed by atoms with Crippen LogP contribution in [0.15, 0.2) is 12.3 Å². The minimum atomic E-state index is -1.18. The molecule has 0 spiro atoms. The predicted octanol–water partition coefficient (Wildman–Crippen LogP) is 1.74. The van der Waals surface area contributed by atoms with Gasteiger partial charge in [0, 0.05) is 6.20 Å². The minimum absolute atomic E-state index is 0.226. The second-order valence-corrected chi connectivity index (χ2v) is 3.07. The van der Waals surface area contributed by atoms with E-state index in [0.717, 1.165) is 0 Å². The molecule has 1 rings (SSSR count). The molecule has 0 bridgehead atoms. The first-order valence-electron chi connectivity index (χ1n) is 3.81. The van der Waals surface area contributed by atoms with Crippen molar-refractivity contribution in [1.82, 2.24) is 4.98 Å². The van der Waals surface area contributed by atoms with Gasteiger partial charge in [0.1, 0.15) is 5.15 Å². The molecule has 1 unspecified atom stereocenters. The number of hydrogen-bond acceptors (Lipinski definition) is 3. The summed E-state index contributed by atoms with van der Waals surface area (Å²) in [5.74, 6) is -2.37. The molecule has 72 valence electrons. The Morgan fingerprint density at radius 3 is 2.93 bits per heavy atom. The Bertz CT molecular complexity index is 412. The maximum Gasteiger partial charge on any atom is 0.325 e. The van der Waals surface area contributed by atoms with Gasteiger partial charge in [0.15, 0.2) is 5.92 Å². The van der Waals surface area contributed by atoms with Gasteiger partial charge in [-0.1, -0.05) is 11.6 Å². The molecule has 0 amide bonds. The fourth-order valence-electron chi connectivity index (χ4n) is 1.09. The Hall–Kier alpha value is -1.60. The molecule has 4 nitrogen and oxygen atoms in total. The smallest absolute Gasteiger partial charge is 0.325 e. The fraction of sp³-hybridized carbons (Fsp3) is 0.222. The third-order valence-electron chi connectivity index (χ3n) is 1.87. The maximum absolute atomic E-state index is 10.7. The van der Waals surface area contributed by atoms with Crippen LogP contribution in [0.1, 0.15) is 17.0 Å². The lowest BCUT2D eigenvalue weighted by molar-refractivity contribution is -0.137. The summed E-state index contributed by atoms with van der Waals surface area (Å²) < 4.78 is 0. The molecule has 0 aliphatic rings. The molecular formula is C9H7ClN2O2. The minimum Gasteiger partial charge on any atom is -0.480 e. The summed E-state index contributed by atoms with van der Waals surface area (Å²) in [5, 5.41) is 17.7. The van der Waals surface area contributed by atoms with Gasteiger partial charge >= 0.3 is 5.97 Å². The highest BCUT2D eigenvalue weighted by atomic mass is 35.5. The quantitative estimate of drug-likeness (QED) is 0.755. The molecule has 5 heteroatoms. The molecule has 0 fully saturated rings. The summed E-state index contributed by atoms with van der Waals surface area (Å²) in [4.78, 5) is 14.5. The molecule has 1 aromatic rings. The van der Waals surface area contributed by atoms with Crippen LogP contribution in [-0.4, -0.2) is 16.1 Å². The first-order valence-corrected chi connectivity index (χ1v) is 4.19. The summed E-state index contributed by atoms with van der Waals surface area (Å²) in [6.45, 7) is 1.64. The standard InChI is InChI=1S/C9H7ClN2O2/c1-5-6(2-3-12-8(5)10)7(4-11)9(13)14/h2-3,7H,1H3,(H,13,14). The summed E-state index contributed by atoms with van der Waals surface area (Å²) in [5.41, 5.74) is 0.920.